The third-order valence-electron chi connectivity index (χ3n) is 2.30. The van der Waals surface area contributed by atoms with Gasteiger partial charge >= 0.3 is 12.1 Å². The Balaban J connectivity index is 4.95. The quantitative estimate of drug-likeness (QED) is 0.498. The molecule has 0 aromatic rings. The summed E-state index contributed by atoms with van der Waals surface area (Å²) in [6.45, 7) is -0.707. The van der Waals surface area contributed by atoms with Crippen LogP contribution in [0.3, 0.4) is 0 Å². The van der Waals surface area contributed by atoms with Gasteiger partial charge in [-0.3, -0.25) is 4.79 Å². The smallest absolute Gasteiger partial charge is 0.402 e. The molecule has 0 saturated carbocycles. The van der Waals surface area contributed by atoms with E-state index in [1.807, 2.05) is 0 Å². The lowest BCUT2D eigenvalue weighted by atomic mass is 10.3. The van der Waals surface area contributed by atoms with E-state index < -0.39 is 53.3 Å². The van der Waals surface area contributed by atoms with Gasteiger partial charge in [-0.25, -0.2) is 8.42 Å². The molecular formula is C10H17ClF3NO4S. The van der Waals surface area contributed by atoms with E-state index in [0.717, 1.165) is 7.11 Å². The van der Waals surface area contributed by atoms with Crippen molar-refractivity contribution in [3.8, 4) is 0 Å². The summed E-state index contributed by atoms with van der Waals surface area (Å²) in [5.41, 5.74) is 0. The van der Waals surface area contributed by atoms with Gasteiger partial charge in [-0.1, -0.05) is 6.92 Å². The Bertz CT molecular complexity index is 413. The summed E-state index contributed by atoms with van der Waals surface area (Å²) in [5, 5.41) is 0. The minimum absolute atomic E-state index is 0.0100. The maximum atomic E-state index is 12.4. The van der Waals surface area contributed by atoms with Crippen molar-refractivity contribution in [2.24, 2.45) is 5.92 Å². The monoisotopic (exact) mass is 339 g/mol. The summed E-state index contributed by atoms with van der Waals surface area (Å²) in [6.07, 6.45) is -5.13. The fraction of sp³-hybridized carbons (Fsp3) is 0.900. The van der Waals surface area contributed by atoms with Gasteiger partial charge in [0, 0.05) is 12.4 Å². The number of nitrogens with zero attached hydrogens (tertiary/aromatic N) is 1. The molecule has 0 aliphatic carbocycles. The first kappa shape index (κ1) is 19.5. The Kier molecular flexibility index (Phi) is 7.82. The van der Waals surface area contributed by atoms with Gasteiger partial charge in [-0.05, 0) is 5.92 Å². The molecule has 0 aromatic carbocycles. The van der Waals surface area contributed by atoms with Crippen molar-refractivity contribution >= 4 is 27.6 Å². The number of esters is 1. The molecule has 0 saturated heterocycles. The third-order valence-corrected chi connectivity index (χ3v) is 4.92. The molecule has 0 rings (SSSR count). The molecular weight excluding hydrogens is 323 g/mol. The lowest BCUT2D eigenvalue weighted by molar-refractivity contribution is -0.144. The molecule has 0 fully saturated rings. The molecule has 0 amide bonds. The first-order chi connectivity index (χ1) is 9.01. The van der Waals surface area contributed by atoms with Crippen molar-refractivity contribution in [1.29, 1.82) is 0 Å². The van der Waals surface area contributed by atoms with E-state index in [1.54, 1.807) is 0 Å². The van der Waals surface area contributed by atoms with Crippen LogP contribution >= 0.6 is 11.6 Å². The van der Waals surface area contributed by atoms with Gasteiger partial charge in [0.25, 0.3) is 0 Å². The van der Waals surface area contributed by atoms with E-state index in [4.69, 9.17) is 11.6 Å². The summed E-state index contributed by atoms with van der Waals surface area (Å²) in [6, 6.07) is 0. The van der Waals surface area contributed by atoms with Crippen LogP contribution in [0.5, 0.6) is 0 Å². The fourth-order valence-electron chi connectivity index (χ4n) is 1.34. The van der Waals surface area contributed by atoms with Crippen molar-refractivity contribution in [3.63, 3.8) is 0 Å². The molecule has 0 spiro atoms. The Morgan fingerprint density at radius 3 is 2.35 bits per heavy atom. The average molecular weight is 340 g/mol. The molecule has 10 heteroatoms. The van der Waals surface area contributed by atoms with Crippen LogP contribution in [0.25, 0.3) is 0 Å². The standard InChI is InChI=1S/C10H17ClF3NO4S/c1-8(5-11)6-20(17,18)15(7-10(12,13)14)4-3-9(16)19-2/h8H,3-7H2,1-2H3. The number of hydrogen-bond donors (Lipinski definition) is 0. The van der Waals surface area contributed by atoms with Crippen LogP contribution in [0, 0.1) is 5.92 Å². The third kappa shape index (κ3) is 7.91. The second-order valence-electron chi connectivity index (χ2n) is 4.31. The van der Waals surface area contributed by atoms with Crippen LogP contribution < -0.4 is 0 Å². The predicted octanol–water partition coefficient (Wildman–Crippen LogP) is 1.62. The minimum Gasteiger partial charge on any atom is -0.469 e. The molecule has 0 aliphatic heterocycles. The van der Waals surface area contributed by atoms with Crippen LogP contribution in [0.2, 0.25) is 0 Å². The number of sulfonamides is 1. The number of halogens is 4. The molecule has 5 nitrogen and oxygen atoms in total. The largest absolute Gasteiger partial charge is 0.469 e. The fourth-order valence-corrected chi connectivity index (χ4v) is 3.34. The van der Waals surface area contributed by atoms with Gasteiger partial charge < -0.3 is 4.74 Å². The lowest BCUT2D eigenvalue weighted by Gasteiger charge is -2.24. The van der Waals surface area contributed by atoms with Crippen molar-refractivity contribution in [3.05, 3.63) is 0 Å². The van der Waals surface area contributed by atoms with Crippen LogP contribution in [0.1, 0.15) is 13.3 Å². The molecule has 120 valence electrons. The number of carbonyl (C=O) groups excluding carboxylic acids is 1. The Labute approximate surface area is 121 Å². The molecule has 0 N–H and O–H groups in total. The molecule has 1 unspecified atom stereocenters. The van der Waals surface area contributed by atoms with Gasteiger partial charge in [0.1, 0.15) is 6.54 Å². The highest BCUT2D eigenvalue weighted by atomic mass is 35.5. The number of methoxy groups -OCH3 is 1. The highest BCUT2D eigenvalue weighted by Crippen LogP contribution is 2.20. The average Bonchev–Trinajstić information content (AvgIpc) is 2.31. The van der Waals surface area contributed by atoms with Crippen LogP contribution in [-0.2, 0) is 19.6 Å². The number of alkyl halides is 4. The summed E-state index contributed by atoms with van der Waals surface area (Å²) in [7, 11) is -3.08. The summed E-state index contributed by atoms with van der Waals surface area (Å²) >= 11 is 5.47. The predicted molar refractivity (Wildman–Crippen MR) is 67.9 cm³/mol. The summed E-state index contributed by atoms with van der Waals surface area (Å²) in [5.74, 6) is -1.77. The Morgan fingerprint density at radius 1 is 1.40 bits per heavy atom. The van der Waals surface area contributed by atoms with E-state index >= 15 is 0 Å². The van der Waals surface area contributed by atoms with E-state index in [2.05, 4.69) is 4.74 Å². The number of carbonyl (C=O) groups is 1. The van der Waals surface area contributed by atoms with E-state index in [-0.39, 0.29) is 10.2 Å². The van der Waals surface area contributed by atoms with E-state index in [0.29, 0.717) is 0 Å². The Hall–Kier alpha value is -0.540. The first-order valence-corrected chi connectivity index (χ1v) is 7.83. The van der Waals surface area contributed by atoms with Crippen LogP contribution in [0.4, 0.5) is 13.2 Å². The van der Waals surface area contributed by atoms with Crippen LogP contribution in [-0.4, -0.2) is 56.7 Å². The zero-order valence-corrected chi connectivity index (χ0v) is 12.7. The molecule has 0 aromatic heterocycles. The SMILES string of the molecule is COC(=O)CCN(CC(F)(F)F)S(=O)(=O)CC(C)CCl. The molecule has 0 aliphatic rings. The van der Waals surface area contributed by atoms with Gasteiger partial charge in [0.05, 0.1) is 19.3 Å². The normalized spacial score (nSPS) is 14.3. The van der Waals surface area contributed by atoms with Crippen LogP contribution in [0.15, 0.2) is 0 Å². The van der Waals surface area contributed by atoms with Gasteiger partial charge in [0.15, 0.2) is 0 Å². The zero-order valence-electron chi connectivity index (χ0n) is 11.1. The molecule has 0 radical (unpaired) electrons. The maximum Gasteiger partial charge on any atom is 0.402 e. The zero-order chi connectivity index (χ0) is 16.0. The second-order valence-corrected chi connectivity index (χ2v) is 6.64. The number of hydrogen-bond acceptors (Lipinski definition) is 4. The second kappa shape index (κ2) is 8.04. The first-order valence-electron chi connectivity index (χ1n) is 5.69. The highest BCUT2D eigenvalue weighted by Gasteiger charge is 2.36. The van der Waals surface area contributed by atoms with Crippen molar-refractivity contribution < 1.29 is 31.1 Å². The maximum absolute atomic E-state index is 12.4. The molecule has 0 heterocycles. The number of ether oxygens (including phenoxy) is 1. The number of rotatable bonds is 8. The van der Waals surface area contributed by atoms with E-state index in [9.17, 15) is 26.4 Å². The highest BCUT2D eigenvalue weighted by molar-refractivity contribution is 7.89. The molecule has 1 atom stereocenters. The lowest BCUT2D eigenvalue weighted by Crippen LogP contribution is -2.42. The molecule has 0 bridgehead atoms. The molecule has 20 heavy (non-hydrogen) atoms. The topological polar surface area (TPSA) is 63.7 Å². The van der Waals surface area contributed by atoms with Gasteiger partial charge in [-0.2, -0.15) is 17.5 Å². The van der Waals surface area contributed by atoms with Gasteiger partial charge in [-0.15, -0.1) is 11.6 Å². The van der Waals surface area contributed by atoms with Gasteiger partial charge in [0.2, 0.25) is 10.0 Å². The minimum atomic E-state index is -4.69. The summed E-state index contributed by atoms with van der Waals surface area (Å²) in [4.78, 5) is 10.9. The summed E-state index contributed by atoms with van der Waals surface area (Å²) < 4.78 is 65.6. The Morgan fingerprint density at radius 2 is 1.95 bits per heavy atom. The van der Waals surface area contributed by atoms with Crippen molar-refractivity contribution in [2.75, 3.05) is 31.8 Å². The van der Waals surface area contributed by atoms with Crippen molar-refractivity contribution in [1.82, 2.24) is 4.31 Å². The van der Waals surface area contributed by atoms with E-state index in [1.165, 1.54) is 6.92 Å². The van der Waals surface area contributed by atoms with Crippen molar-refractivity contribution in [2.45, 2.75) is 19.5 Å².